The van der Waals surface area contributed by atoms with Crippen LogP contribution in [0.5, 0.6) is 5.75 Å². The molecule has 10 heteroatoms. The number of halogens is 1. The van der Waals surface area contributed by atoms with Gasteiger partial charge in [-0.3, -0.25) is 24.0 Å². The predicted molar refractivity (Wildman–Crippen MR) is 123 cm³/mol. The fourth-order valence-corrected chi connectivity index (χ4v) is 4.55. The monoisotopic (exact) mass is 474 g/mol. The number of ether oxygens (including phenoxy) is 1. The predicted octanol–water partition coefficient (Wildman–Crippen LogP) is 4.06. The highest BCUT2D eigenvalue weighted by Crippen LogP contribution is 2.30. The van der Waals surface area contributed by atoms with Crippen LogP contribution in [0.15, 0.2) is 73.0 Å². The number of non-ortho nitro benzene ring substituents is 1. The molecular formula is C22H19FN2O5S2. The number of carbonyl (C=O) groups excluding carboxylic acids is 1. The first kappa shape index (κ1) is 23.4. The van der Waals surface area contributed by atoms with Gasteiger partial charge >= 0.3 is 0 Å². The molecule has 1 heterocycles. The lowest BCUT2D eigenvalue weighted by Gasteiger charge is -2.40. The van der Waals surface area contributed by atoms with Crippen LogP contribution in [-0.2, 0) is 22.0 Å². The Kier molecular flexibility index (Phi) is 7.60. The molecule has 0 radical (unpaired) electrons. The van der Waals surface area contributed by atoms with Gasteiger partial charge in [0.15, 0.2) is 0 Å². The molecule has 1 aliphatic heterocycles. The van der Waals surface area contributed by atoms with Crippen LogP contribution >= 0.6 is 12.2 Å². The molecule has 0 aromatic heterocycles. The number of nitro benzene ring substituents is 1. The summed E-state index contributed by atoms with van der Waals surface area (Å²) in [5.41, 5.74) is 0.974. The van der Waals surface area contributed by atoms with E-state index in [-0.39, 0.29) is 40.3 Å². The zero-order valence-electron chi connectivity index (χ0n) is 16.8. The smallest absolute Gasteiger partial charge is 0.269 e. The van der Waals surface area contributed by atoms with E-state index in [4.69, 9.17) is 17.0 Å². The summed E-state index contributed by atoms with van der Waals surface area (Å²) in [5, 5.41) is 10.2. The second-order valence-corrected chi connectivity index (χ2v) is 8.83. The Balaban J connectivity index is 1.88. The van der Waals surface area contributed by atoms with Crippen LogP contribution in [0.3, 0.4) is 0 Å². The van der Waals surface area contributed by atoms with Crippen molar-refractivity contribution in [3.05, 3.63) is 94.5 Å². The van der Waals surface area contributed by atoms with Crippen LogP contribution in [0.4, 0.5) is 10.1 Å². The Labute approximate surface area is 191 Å². The lowest BCUT2D eigenvalue weighted by Crippen LogP contribution is -2.55. The normalized spacial score (nSPS) is 16.8. The fraction of sp³-hybridized carbons (Fsp3) is 0.182. The molecule has 2 atom stereocenters. The van der Waals surface area contributed by atoms with Crippen molar-refractivity contribution in [2.24, 2.45) is 0 Å². The van der Waals surface area contributed by atoms with Crippen LogP contribution in [-0.4, -0.2) is 36.1 Å². The summed E-state index contributed by atoms with van der Waals surface area (Å²) in [5.74, 6) is -0.188. The maximum Gasteiger partial charge on any atom is 0.269 e. The first-order valence-electron chi connectivity index (χ1n) is 9.51. The first-order valence-corrected chi connectivity index (χ1v) is 11.3. The van der Waals surface area contributed by atoms with Crippen molar-refractivity contribution in [1.29, 1.82) is 0 Å². The van der Waals surface area contributed by atoms with Crippen LogP contribution in [0.25, 0.3) is 0 Å². The molecule has 0 saturated carbocycles. The Bertz CT molecular complexity index is 1100. The molecule has 1 fully saturated rings. The van der Waals surface area contributed by atoms with Crippen molar-refractivity contribution >= 4 is 39.7 Å². The summed E-state index contributed by atoms with van der Waals surface area (Å²) in [6.45, 7) is 3.58. The van der Waals surface area contributed by atoms with Gasteiger partial charge in [-0.15, -0.1) is 6.58 Å². The molecular weight excluding hydrogens is 455 g/mol. The third-order valence-corrected chi connectivity index (χ3v) is 6.50. The largest absolute Gasteiger partial charge is 0.444 e. The number of benzene rings is 2. The average Bonchev–Trinajstić information content (AvgIpc) is 2.76. The minimum atomic E-state index is -1.37. The van der Waals surface area contributed by atoms with Crippen molar-refractivity contribution < 1.29 is 23.1 Å². The SMILES string of the molecule is C=CCS(=O)C1CC(=O)N1C(=CCc1ccc([N+](=O)[O-])cc1)C(=S)Oc1ccc(F)cc1. The van der Waals surface area contributed by atoms with Gasteiger partial charge in [0, 0.05) is 28.7 Å². The van der Waals surface area contributed by atoms with Gasteiger partial charge in [0.25, 0.3) is 5.69 Å². The molecule has 166 valence electrons. The van der Waals surface area contributed by atoms with E-state index in [9.17, 15) is 23.5 Å². The van der Waals surface area contributed by atoms with Crippen molar-refractivity contribution in [3.8, 4) is 5.75 Å². The number of nitro groups is 1. The quantitative estimate of drug-likeness (QED) is 0.136. The van der Waals surface area contributed by atoms with Gasteiger partial charge < -0.3 is 4.74 Å². The van der Waals surface area contributed by atoms with E-state index in [2.05, 4.69) is 6.58 Å². The molecule has 2 aromatic rings. The van der Waals surface area contributed by atoms with Gasteiger partial charge in [-0.25, -0.2) is 4.39 Å². The third-order valence-electron chi connectivity index (χ3n) is 4.66. The molecule has 1 aliphatic rings. The van der Waals surface area contributed by atoms with E-state index in [1.165, 1.54) is 47.4 Å². The number of hydrogen-bond acceptors (Lipinski definition) is 6. The molecule has 1 amide bonds. The van der Waals surface area contributed by atoms with Crippen molar-refractivity contribution in [2.45, 2.75) is 18.2 Å². The van der Waals surface area contributed by atoms with E-state index >= 15 is 0 Å². The van der Waals surface area contributed by atoms with Gasteiger partial charge in [-0.1, -0.05) is 24.3 Å². The topological polar surface area (TPSA) is 89.8 Å². The Morgan fingerprint density at radius 3 is 2.50 bits per heavy atom. The number of rotatable bonds is 9. The molecule has 0 N–H and O–H groups in total. The number of thiocarbonyl (C=S) groups is 1. The molecule has 1 saturated heterocycles. The van der Waals surface area contributed by atoms with Gasteiger partial charge in [0.2, 0.25) is 11.0 Å². The molecule has 2 unspecified atom stereocenters. The summed E-state index contributed by atoms with van der Waals surface area (Å²) in [6, 6.07) is 11.2. The van der Waals surface area contributed by atoms with E-state index in [1.807, 2.05) is 0 Å². The summed E-state index contributed by atoms with van der Waals surface area (Å²) in [4.78, 5) is 24.1. The standard InChI is InChI=1S/C22H19FN2O5S2/c1-2-13-32(29)21-14-20(26)24(21)19(22(31)30-18-10-6-16(23)7-11-18)12-5-15-3-8-17(9-4-15)25(27)28/h2-4,6-12,21H,1,5,13-14H2. The number of carbonyl (C=O) groups is 1. The Morgan fingerprint density at radius 2 is 1.94 bits per heavy atom. The maximum absolute atomic E-state index is 13.2. The minimum absolute atomic E-state index is 0.0350. The van der Waals surface area contributed by atoms with Crippen LogP contribution in [0.2, 0.25) is 0 Å². The second-order valence-electron chi connectivity index (χ2n) is 6.82. The van der Waals surface area contributed by atoms with Gasteiger partial charge in [0.05, 0.1) is 17.0 Å². The Hall–Kier alpha value is -3.24. The number of hydrogen-bond donors (Lipinski definition) is 0. The highest BCUT2D eigenvalue weighted by Gasteiger charge is 2.43. The molecule has 0 bridgehead atoms. The van der Waals surface area contributed by atoms with Crippen LogP contribution in [0, 0.1) is 15.9 Å². The maximum atomic E-state index is 13.2. The number of nitrogens with zero attached hydrogens (tertiary/aromatic N) is 2. The summed E-state index contributed by atoms with van der Waals surface area (Å²) < 4.78 is 31.4. The number of allylic oxidation sites excluding steroid dienone is 1. The Morgan fingerprint density at radius 1 is 1.28 bits per heavy atom. The molecule has 0 spiro atoms. The summed E-state index contributed by atoms with van der Waals surface area (Å²) >= 11 is 5.41. The number of likely N-dealkylation sites (tertiary alicyclic amines) is 1. The third kappa shape index (κ3) is 5.51. The van der Waals surface area contributed by atoms with Crippen molar-refractivity contribution in [2.75, 3.05) is 5.75 Å². The molecule has 3 rings (SSSR count). The number of amides is 1. The molecule has 2 aromatic carbocycles. The lowest BCUT2D eigenvalue weighted by molar-refractivity contribution is -0.384. The lowest BCUT2D eigenvalue weighted by atomic mass is 10.1. The van der Waals surface area contributed by atoms with Gasteiger partial charge in [0.1, 0.15) is 16.9 Å². The highest BCUT2D eigenvalue weighted by atomic mass is 32.2. The fourth-order valence-electron chi connectivity index (χ4n) is 3.02. The minimum Gasteiger partial charge on any atom is -0.444 e. The summed E-state index contributed by atoms with van der Waals surface area (Å²) in [7, 11) is -1.37. The van der Waals surface area contributed by atoms with Crippen molar-refractivity contribution in [1.82, 2.24) is 4.90 Å². The van der Waals surface area contributed by atoms with E-state index in [0.29, 0.717) is 6.42 Å². The average molecular weight is 475 g/mol. The second kappa shape index (κ2) is 10.4. The van der Waals surface area contributed by atoms with E-state index in [1.54, 1.807) is 18.2 Å². The van der Waals surface area contributed by atoms with E-state index < -0.39 is 26.9 Å². The van der Waals surface area contributed by atoms with E-state index in [0.717, 1.165) is 5.56 Å². The van der Waals surface area contributed by atoms with Gasteiger partial charge in [-0.05, 0) is 48.5 Å². The molecule has 0 aliphatic carbocycles. The highest BCUT2D eigenvalue weighted by molar-refractivity contribution is 7.85. The van der Waals surface area contributed by atoms with Crippen molar-refractivity contribution in [3.63, 3.8) is 0 Å². The molecule has 32 heavy (non-hydrogen) atoms. The number of β-lactam (4-membered cyclic amide) rings is 1. The van der Waals surface area contributed by atoms with Crippen LogP contribution in [0.1, 0.15) is 12.0 Å². The van der Waals surface area contributed by atoms with Crippen LogP contribution < -0.4 is 4.74 Å². The zero-order valence-corrected chi connectivity index (χ0v) is 18.4. The van der Waals surface area contributed by atoms with Gasteiger partial charge in [-0.2, -0.15) is 0 Å². The summed E-state index contributed by atoms with van der Waals surface area (Å²) in [6.07, 6.45) is 3.58. The zero-order chi connectivity index (χ0) is 23.3. The first-order chi connectivity index (χ1) is 15.3. The molecule has 7 nitrogen and oxygen atoms in total.